The predicted molar refractivity (Wildman–Crippen MR) is 106 cm³/mol. The lowest BCUT2D eigenvalue weighted by Gasteiger charge is -2.28. The van der Waals surface area contributed by atoms with Crippen LogP contribution in [0, 0.1) is 11.8 Å². The highest BCUT2D eigenvalue weighted by molar-refractivity contribution is 6.08. The number of aromatic hydroxyl groups is 1. The van der Waals surface area contributed by atoms with Crippen molar-refractivity contribution in [2.24, 2.45) is 11.8 Å². The number of ketones is 1. The maximum absolute atomic E-state index is 13.4. The van der Waals surface area contributed by atoms with Crippen molar-refractivity contribution >= 4 is 5.78 Å². The Morgan fingerprint density at radius 1 is 0.966 bits per heavy atom. The van der Waals surface area contributed by atoms with E-state index in [1.165, 1.54) is 20.3 Å². The molecule has 1 heterocycles. The number of Topliss-reactive ketones (excluding diaryl/α,β-unsaturated/α-hetero) is 1. The minimum atomic E-state index is -0.254. The van der Waals surface area contributed by atoms with E-state index in [-0.39, 0.29) is 41.7 Å². The van der Waals surface area contributed by atoms with Crippen LogP contribution in [-0.4, -0.2) is 39.0 Å². The molecular weight excluding hydrogens is 376 g/mol. The summed E-state index contributed by atoms with van der Waals surface area (Å²) in [6.45, 7) is 4.04. The number of hydrogen-bond acceptors (Lipinski definition) is 7. The quantitative estimate of drug-likeness (QED) is 0.838. The first-order valence-corrected chi connectivity index (χ1v) is 9.44. The van der Waals surface area contributed by atoms with Crippen LogP contribution >= 0.6 is 0 Å². The Morgan fingerprint density at radius 2 is 1.66 bits per heavy atom. The number of hydrogen-bond donors (Lipinski definition) is 1. The lowest BCUT2D eigenvalue weighted by molar-refractivity contribution is 0.0892. The highest BCUT2D eigenvalue weighted by Gasteiger charge is 2.37. The highest BCUT2D eigenvalue weighted by atomic mass is 16.7. The second-order valence-electron chi connectivity index (χ2n) is 7.40. The van der Waals surface area contributed by atoms with E-state index >= 15 is 0 Å². The molecule has 1 aliphatic heterocycles. The topological polar surface area (TPSA) is 83.5 Å². The van der Waals surface area contributed by atoms with E-state index in [0.717, 1.165) is 5.56 Å². The molecule has 7 nitrogen and oxygen atoms in total. The van der Waals surface area contributed by atoms with Crippen LogP contribution in [0.15, 0.2) is 12.1 Å². The summed E-state index contributed by atoms with van der Waals surface area (Å²) < 4.78 is 28.0. The molecule has 0 spiro atoms. The Morgan fingerprint density at radius 3 is 2.31 bits per heavy atom. The molecule has 0 amide bonds. The predicted octanol–water partition coefficient (Wildman–Crippen LogP) is 3.82. The molecule has 2 aromatic rings. The summed E-state index contributed by atoms with van der Waals surface area (Å²) in [7, 11) is 4.47. The van der Waals surface area contributed by atoms with Crippen molar-refractivity contribution < 1.29 is 33.6 Å². The molecular formula is C22H24O7. The standard InChI is InChI=1S/C22H24O7/c1-10-6-12-7-15-20(29-9-28-15)21(26-4)16(12)17-13(18(24)11(10)2)8-14(23)19(25-3)22(17)27-5/h7-8,10-11,23H,6,9H2,1-5H3. The second kappa shape index (κ2) is 7.06. The van der Waals surface area contributed by atoms with Gasteiger partial charge in [0.2, 0.25) is 18.3 Å². The Kier molecular flexibility index (Phi) is 4.68. The molecule has 0 bridgehead atoms. The van der Waals surface area contributed by atoms with Crippen LogP contribution in [-0.2, 0) is 6.42 Å². The fourth-order valence-corrected chi connectivity index (χ4v) is 4.18. The highest BCUT2D eigenvalue weighted by Crippen LogP contribution is 2.56. The molecule has 1 N–H and O–H groups in total. The van der Waals surface area contributed by atoms with Gasteiger partial charge in [0.15, 0.2) is 28.8 Å². The van der Waals surface area contributed by atoms with E-state index < -0.39 is 0 Å². The van der Waals surface area contributed by atoms with Crippen LogP contribution in [0.3, 0.4) is 0 Å². The van der Waals surface area contributed by atoms with Gasteiger partial charge in [-0.2, -0.15) is 0 Å². The summed E-state index contributed by atoms with van der Waals surface area (Å²) in [5, 5.41) is 10.5. The minimum absolute atomic E-state index is 0.0646. The Labute approximate surface area is 169 Å². The maximum Gasteiger partial charge on any atom is 0.231 e. The van der Waals surface area contributed by atoms with Gasteiger partial charge in [-0.05, 0) is 30.0 Å². The number of carbonyl (C=O) groups is 1. The lowest BCUT2D eigenvalue weighted by Crippen LogP contribution is -2.24. The Balaban J connectivity index is 2.17. The van der Waals surface area contributed by atoms with E-state index in [1.54, 1.807) is 7.11 Å². The van der Waals surface area contributed by atoms with Gasteiger partial charge in [-0.3, -0.25) is 4.79 Å². The number of methoxy groups -OCH3 is 3. The normalized spacial score (nSPS) is 19.7. The summed E-state index contributed by atoms with van der Waals surface area (Å²) in [6.07, 6.45) is 0.640. The number of fused-ring (bicyclic) bond motifs is 4. The smallest absolute Gasteiger partial charge is 0.231 e. The average Bonchev–Trinajstić information content (AvgIpc) is 3.18. The first kappa shape index (κ1) is 19.2. The third-order valence-corrected chi connectivity index (χ3v) is 5.85. The number of carbonyl (C=O) groups excluding carboxylic acids is 1. The third kappa shape index (κ3) is 2.75. The molecule has 2 unspecified atom stereocenters. The van der Waals surface area contributed by atoms with Crippen LogP contribution in [0.4, 0.5) is 0 Å². The molecule has 4 rings (SSSR count). The second-order valence-corrected chi connectivity index (χ2v) is 7.40. The lowest BCUT2D eigenvalue weighted by atomic mass is 9.77. The van der Waals surface area contributed by atoms with E-state index in [2.05, 4.69) is 0 Å². The van der Waals surface area contributed by atoms with E-state index in [9.17, 15) is 9.90 Å². The molecule has 29 heavy (non-hydrogen) atoms. The number of phenols is 1. The molecule has 2 aromatic carbocycles. The van der Waals surface area contributed by atoms with Crippen molar-refractivity contribution in [3.8, 4) is 45.6 Å². The van der Waals surface area contributed by atoms with Gasteiger partial charge in [0.1, 0.15) is 0 Å². The van der Waals surface area contributed by atoms with Gasteiger partial charge in [0, 0.05) is 22.6 Å². The summed E-state index contributed by atoms with van der Waals surface area (Å²) >= 11 is 0. The molecule has 0 saturated carbocycles. The number of phenolic OH excluding ortho intramolecular Hbond substituents is 1. The van der Waals surface area contributed by atoms with Gasteiger partial charge >= 0.3 is 0 Å². The molecule has 0 aromatic heterocycles. The van der Waals surface area contributed by atoms with Crippen molar-refractivity contribution in [1.82, 2.24) is 0 Å². The fourth-order valence-electron chi connectivity index (χ4n) is 4.18. The zero-order valence-electron chi connectivity index (χ0n) is 17.1. The number of benzene rings is 2. The maximum atomic E-state index is 13.4. The van der Waals surface area contributed by atoms with Crippen molar-refractivity contribution in [3.05, 3.63) is 23.3 Å². The summed E-state index contributed by atoms with van der Waals surface area (Å²) in [4.78, 5) is 13.4. The molecule has 2 aliphatic rings. The number of rotatable bonds is 3. The van der Waals surface area contributed by atoms with E-state index in [0.29, 0.717) is 40.4 Å². The summed E-state index contributed by atoms with van der Waals surface area (Å²) in [6, 6.07) is 3.38. The van der Waals surface area contributed by atoms with E-state index in [4.69, 9.17) is 23.7 Å². The van der Waals surface area contributed by atoms with Crippen LogP contribution in [0.1, 0.15) is 29.8 Å². The molecule has 1 aliphatic carbocycles. The van der Waals surface area contributed by atoms with Crippen LogP contribution in [0.2, 0.25) is 0 Å². The number of ether oxygens (including phenoxy) is 5. The van der Waals surface area contributed by atoms with Crippen molar-refractivity contribution in [1.29, 1.82) is 0 Å². The van der Waals surface area contributed by atoms with Gasteiger partial charge in [-0.1, -0.05) is 13.8 Å². The molecule has 154 valence electrons. The van der Waals surface area contributed by atoms with Crippen molar-refractivity contribution in [2.45, 2.75) is 20.3 Å². The van der Waals surface area contributed by atoms with Crippen LogP contribution in [0.25, 0.3) is 11.1 Å². The SMILES string of the molecule is COc1c(O)cc2c(c1OC)-c1c(cc3c(c1OC)OCO3)CC(C)C(C)C2=O. The van der Waals surface area contributed by atoms with E-state index in [1.807, 2.05) is 19.9 Å². The Hall–Kier alpha value is -3.09. The summed E-state index contributed by atoms with van der Waals surface area (Å²) in [5.74, 6) is 1.58. The van der Waals surface area contributed by atoms with Crippen LogP contribution < -0.4 is 23.7 Å². The Bertz CT molecular complexity index is 996. The minimum Gasteiger partial charge on any atom is -0.504 e. The molecule has 7 heteroatoms. The van der Waals surface area contributed by atoms with Crippen molar-refractivity contribution in [2.75, 3.05) is 28.1 Å². The van der Waals surface area contributed by atoms with Gasteiger partial charge < -0.3 is 28.8 Å². The molecule has 0 saturated heterocycles. The third-order valence-electron chi connectivity index (χ3n) is 5.85. The van der Waals surface area contributed by atoms with Gasteiger partial charge in [0.05, 0.1) is 21.3 Å². The van der Waals surface area contributed by atoms with Gasteiger partial charge in [-0.25, -0.2) is 0 Å². The zero-order valence-corrected chi connectivity index (χ0v) is 17.1. The monoisotopic (exact) mass is 400 g/mol. The fraction of sp³-hybridized carbons (Fsp3) is 0.409. The molecule has 0 radical (unpaired) electrons. The van der Waals surface area contributed by atoms with Crippen LogP contribution in [0.5, 0.6) is 34.5 Å². The van der Waals surface area contributed by atoms with Gasteiger partial charge in [-0.15, -0.1) is 0 Å². The largest absolute Gasteiger partial charge is 0.504 e. The molecule has 0 fully saturated rings. The first-order chi connectivity index (χ1) is 13.9. The van der Waals surface area contributed by atoms with Gasteiger partial charge in [0.25, 0.3) is 0 Å². The average molecular weight is 400 g/mol. The zero-order chi connectivity index (χ0) is 20.9. The van der Waals surface area contributed by atoms with Crippen molar-refractivity contribution in [3.63, 3.8) is 0 Å². The molecule has 2 atom stereocenters. The first-order valence-electron chi connectivity index (χ1n) is 9.44. The summed E-state index contributed by atoms with van der Waals surface area (Å²) in [5.41, 5.74) is 2.52.